The third-order valence-corrected chi connectivity index (χ3v) is 4.23. The summed E-state index contributed by atoms with van der Waals surface area (Å²) >= 11 is 0. The molecule has 0 bridgehead atoms. The normalized spacial score (nSPS) is 10.8. The van der Waals surface area contributed by atoms with Crippen LogP contribution in [0.1, 0.15) is 11.1 Å². The predicted octanol–water partition coefficient (Wildman–Crippen LogP) is 2.95. The molecule has 3 rings (SSSR count). The molecule has 1 aromatic heterocycles. The minimum absolute atomic E-state index is 0. The highest BCUT2D eigenvalue weighted by Crippen LogP contribution is 2.12. The van der Waals surface area contributed by atoms with Crippen LogP contribution in [-0.4, -0.2) is 29.5 Å². The van der Waals surface area contributed by atoms with Gasteiger partial charge >= 0.3 is 0 Å². The SMILES string of the molecule is Cl.NCCN(CCc1ccccc1)Cc1cc2ccccc2[nH]c1=O. The third-order valence-electron chi connectivity index (χ3n) is 4.23. The molecule has 2 aromatic carbocycles. The minimum Gasteiger partial charge on any atom is -0.329 e. The van der Waals surface area contributed by atoms with Gasteiger partial charge in [0.15, 0.2) is 0 Å². The van der Waals surface area contributed by atoms with Crippen LogP contribution in [0.2, 0.25) is 0 Å². The van der Waals surface area contributed by atoms with Gasteiger partial charge in [-0.3, -0.25) is 9.69 Å². The van der Waals surface area contributed by atoms with Crippen LogP contribution in [0.15, 0.2) is 65.5 Å². The lowest BCUT2D eigenvalue weighted by Crippen LogP contribution is -2.33. The van der Waals surface area contributed by atoms with Crippen molar-refractivity contribution in [3.8, 4) is 0 Å². The Morgan fingerprint density at radius 3 is 2.44 bits per heavy atom. The molecule has 0 radical (unpaired) electrons. The summed E-state index contributed by atoms with van der Waals surface area (Å²) in [4.78, 5) is 17.5. The smallest absolute Gasteiger partial charge is 0.252 e. The summed E-state index contributed by atoms with van der Waals surface area (Å²) in [5.41, 5.74) is 8.70. The highest BCUT2D eigenvalue weighted by molar-refractivity contribution is 5.85. The molecule has 0 fully saturated rings. The quantitative estimate of drug-likeness (QED) is 0.683. The highest BCUT2D eigenvalue weighted by Gasteiger charge is 2.09. The molecule has 0 aliphatic carbocycles. The first kappa shape index (κ1) is 19.2. The van der Waals surface area contributed by atoms with Gasteiger partial charge in [0, 0.05) is 37.3 Å². The number of aromatic nitrogens is 1. The van der Waals surface area contributed by atoms with Crippen LogP contribution < -0.4 is 11.3 Å². The van der Waals surface area contributed by atoms with Crippen LogP contribution >= 0.6 is 12.4 Å². The maximum Gasteiger partial charge on any atom is 0.252 e. The van der Waals surface area contributed by atoms with Gasteiger partial charge in [-0.25, -0.2) is 0 Å². The summed E-state index contributed by atoms with van der Waals surface area (Å²) in [6.07, 6.45) is 0.951. The summed E-state index contributed by atoms with van der Waals surface area (Å²) in [5.74, 6) is 0. The molecule has 0 amide bonds. The van der Waals surface area contributed by atoms with Crippen LogP contribution in [0.4, 0.5) is 0 Å². The maximum atomic E-state index is 12.3. The number of H-pyrrole nitrogens is 1. The minimum atomic E-state index is -0.0181. The average molecular weight is 358 g/mol. The van der Waals surface area contributed by atoms with Crippen molar-refractivity contribution >= 4 is 23.3 Å². The van der Waals surface area contributed by atoms with Crippen molar-refractivity contribution in [2.45, 2.75) is 13.0 Å². The van der Waals surface area contributed by atoms with Crippen molar-refractivity contribution in [3.63, 3.8) is 0 Å². The Kier molecular flexibility index (Phi) is 7.19. The summed E-state index contributed by atoms with van der Waals surface area (Å²) in [5, 5.41) is 1.06. The number of halogens is 1. The van der Waals surface area contributed by atoms with Crippen molar-refractivity contribution in [3.05, 3.63) is 82.1 Å². The van der Waals surface area contributed by atoms with E-state index < -0.39 is 0 Å². The van der Waals surface area contributed by atoms with Gasteiger partial charge in [0.2, 0.25) is 0 Å². The molecule has 4 nitrogen and oxygen atoms in total. The fourth-order valence-corrected chi connectivity index (χ4v) is 2.94. The number of nitrogens with one attached hydrogen (secondary N) is 1. The lowest BCUT2D eigenvalue weighted by molar-refractivity contribution is 0.275. The molecule has 132 valence electrons. The van der Waals surface area contributed by atoms with Gasteiger partial charge in [-0.2, -0.15) is 0 Å². The van der Waals surface area contributed by atoms with Crippen LogP contribution in [0.3, 0.4) is 0 Å². The molecule has 3 N–H and O–H groups in total. The molecule has 1 heterocycles. The second kappa shape index (κ2) is 9.37. The van der Waals surface area contributed by atoms with Crippen LogP contribution in [-0.2, 0) is 13.0 Å². The Morgan fingerprint density at radius 2 is 1.68 bits per heavy atom. The van der Waals surface area contributed by atoms with E-state index in [0.717, 1.165) is 36.0 Å². The number of pyridine rings is 1. The number of benzene rings is 2. The molecule has 0 atom stereocenters. The zero-order valence-electron chi connectivity index (χ0n) is 14.2. The second-order valence-electron chi connectivity index (χ2n) is 6.01. The molecule has 3 aromatic rings. The lowest BCUT2D eigenvalue weighted by Gasteiger charge is -2.21. The van der Waals surface area contributed by atoms with E-state index in [-0.39, 0.29) is 18.0 Å². The van der Waals surface area contributed by atoms with Gasteiger partial charge in [-0.15, -0.1) is 12.4 Å². The number of nitrogens with two attached hydrogens (primary N) is 1. The number of rotatable bonds is 7. The molecule has 0 saturated heterocycles. The van der Waals surface area contributed by atoms with Crippen LogP contribution in [0.5, 0.6) is 0 Å². The molecule has 0 aliphatic rings. The first-order valence-electron chi connectivity index (χ1n) is 8.33. The maximum absolute atomic E-state index is 12.3. The third kappa shape index (κ3) is 5.16. The zero-order chi connectivity index (χ0) is 16.8. The zero-order valence-corrected chi connectivity index (χ0v) is 15.0. The largest absolute Gasteiger partial charge is 0.329 e. The molecular weight excluding hydrogens is 334 g/mol. The molecule has 5 heteroatoms. The molecule has 0 saturated carbocycles. The summed E-state index contributed by atoms with van der Waals surface area (Å²) in [6, 6.07) is 20.2. The number of fused-ring (bicyclic) bond motifs is 1. The van der Waals surface area contributed by atoms with E-state index in [1.165, 1.54) is 5.56 Å². The Bertz CT molecular complexity index is 848. The first-order valence-corrected chi connectivity index (χ1v) is 8.33. The van der Waals surface area contributed by atoms with E-state index in [9.17, 15) is 4.79 Å². The van der Waals surface area contributed by atoms with Crippen molar-refractivity contribution in [2.24, 2.45) is 5.73 Å². The van der Waals surface area contributed by atoms with E-state index in [4.69, 9.17) is 5.73 Å². The fraction of sp³-hybridized carbons (Fsp3) is 0.250. The number of hydrogen-bond acceptors (Lipinski definition) is 3. The standard InChI is InChI=1S/C20H23N3O.ClH/c21-11-13-23(12-10-16-6-2-1-3-7-16)15-18-14-17-8-4-5-9-19(17)22-20(18)24;/h1-9,14H,10-13,15,21H2,(H,22,24);1H. The topological polar surface area (TPSA) is 62.1 Å². The van der Waals surface area contributed by atoms with Gasteiger partial charge < -0.3 is 10.7 Å². The molecule has 25 heavy (non-hydrogen) atoms. The number of aromatic amines is 1. The van der Waals surface area contributed by atoms with Crippen molar-refractivity contribution in [1.29, 1.82) is 0 Å². The number of nitrogens with zero attached hydrogens (tertiary/aromatic N) is 1. The first-order chi connectivity index (χ1) is 11.8. The van der Waals surface area contributed by atoms with E-state index in [2.05, 4.69) is 34.1 Å². The Balaban J connectivity index is 0.00000225. The van der Waals surface area contributed by atoms with Gasteiger partial charge in [-0.05, 0) is 29.5 Å². The van der Waals surface area contributed by atoms with Crippen LogP contribution in [0, 0.1) is 0 Å². The number of para-hydroxylation sites is 1. The monoisotopic (exact) mass is 357 g/mol. The van der Waals surface area contributed by atoms with Gasteiger partial charge in [0.25, 0.3) is 5.56 Å². The average Bonchev–Trinajstić information content (AvgIpc) is 2.61. The predicted molar refractivity (Wildman–Crippen MR) is 106 cm³/mol. The summed E-state index contributed by atoms with van der Waals surface area (Å²) < 4.78 is 0. The highest BCUT2D eigenvalue weighted by atomic mass is 35.5. The van der Waals surface area contributed by atoms with E-state index in [1.807, 2.05) is 36.4 Å². The second-order valence-corrected chi connectivity index (χ2v) is 6.01. The van der Waals surface area contributed by atoms with Gasteiger partial charge in [0.05, 0.1) is 0 Å². The fourth-order valence-electron chi connectivity index (χ4n) is 2.94. The lowest BCUT2D eigenvalue weighted by atomic mass is 10.1. The number of hydrogen-bond donors (Lipinski definition) is 2. The van der Waals surface area contributed by atoms with Gasteiger partial charge in [0.1, 0.15) is 0 Å². The van der Waals surface area contributed by atoms with Crippen molar-refractivity contribution < 1.29 is 0 Å². The Morgan fingerprint density at radius 1 is 0.960 bits per heavy atom. The van der Waals surface area contributed by atoms with E-state index in [0.29, 0.717) is 13.1 Å². The Labute approximate surface area is 154 Å². The summed E-state index contributed by atoms with van der Waals surface area (Å²) in [7, 11) is 0. The van der Waals surface area contributed by atoms with E-state index in [1.54, 1.807) is 0 Å². The molecular formula is C20H24ClN3O. The van der Waals surface area contributed by atoms with Crippen LogP contribution in [0.25, 0.3) is 10.9 Å². The molecule has 0 spiro atoms. The molecule has 0 aliphatic heterocycles. The molecule has 0 unspecified atom stereocenters. The van der Waals surface area contributed by atoms with E-state index >= 15 is 0 Å². The van der Waals surface area contributed by atoms with Crippen molar-refractivity contribution in [2.75, 3.05) is 19.6 Å². The van der Waals surface area contributed by atoms with Crippen molar-refractivity contribution in [1.82, 2.24) is 9.88 Å². The Hall–Kier alpha value is -2.14. The summed E-state index contributed by atoms with van der Waals surface area (Å²) in [6.45, 7) is 2.86. The van der Waals surface area contributed by atoms with Gasteiger partial charge in [-0.1, -0.05) is 48.5 Å².